The molecule has 0 radical (unpaired) electrons. The maximum absolute atomic E-state index is 12.3. The SMILES string of the molecule is Cc1cc(C=O)ccc1C(O)C(O)CNC(=O)OCC1c2ccccc2-c2ccccc21. The van der Waals surface area contributed by atoms with Crippen LogP contribution in [0.5, 0.6) is 0 Å². The first-order chi connectivity index (χ1) is 15.5. The van der Waals surface area contributed by atoms with Crippen LogP contribution in [0.25, 0.3) is 11.1 Å². The topological polar surface area (TPSA) is 95.9 Å². The number of alkyl carbamates (subject to hydrolysis) is 1. The van der Waals surface area contributed by atoms with Crippen LogP contribution in [0.3, 0.4) is 0 Å². The number of aliphatic hydroxyl groups is 2. The van der Waals surface area contributed by atoms with Crippen LogP contribution >= 0.6 is 0 Å². The first-order valence-corrected chi connectivity index (χ1v) is 10.5. The standard InChI is InChI=1S/C26H25NO5/c1-16-12-17(14-28)10-11-18(16)25(30)24(29)13-27-26(31)32-15-23-21-8-4-2-6-19(21)20-7-3-5-9-22(20)23/h2-12,14,23-25,29-30H,13,15H2,1H3,(H,27,31). The van der Waals surface area contributed by atoms with Gasteiger partial charge in [0.2, 0.25) is 0 Å². The number of aldehydes is 1. The Morgan fingerprint density at radius 3 is 2.25 bits per heavy atom. The first kappa shape index (κ1) is 21.7. The van der Waals surface area contributed by atoms with Gasteiger partial charge in [0, 0.05) is 18.0 Å². The number of aryl methyl sites for hydroxylation is 1. The number of nitrogens with one attached hydrogen (secondary N) is 1. The van der Waals surface area contributed by atoms with Gasteiger partial charge in [-0.1, -0.05) is 60.7 Å². The fraction of sp³-hybridized carbons (Fsp3) is 0.231. The van der Waals surface area contributed by atoms with E-state index in [9.17, 15) is 19.8 Å². The molecular weight excluding hydrogens is 406 g/mol. The van der Waals surface area contributed by atoms with Crippen molar-refractivity contribution in [2.24, 2.45) is 0 Å². The number of hydrogen-bond acceptors (Lipinski definition) is 5. The van der Waals surface area contributed by atoms with Crippen molar-refractivity contribution in [1.29, 1.82) is 0 Å². The number of benzene rings is 3. The highest BCUT2D eigenvalue weighted by molar-refractivity contribution is 5.79. The van der Waals surface area contributed by atoms with Crippen molar-refractivity contribution in [3.05, 3.63) is 94.5 Å². The van der Waals surface area contributed by atoms with Crippen molar-refractivity contribution >= 4 is 12.4 Å². The minimum Gasteiger partial charge on any atom is -0.449 e. The van der Waals surface area contributed by atoms with Gasteiger partial charge in [0.15, 0.2) is 0 Å². The number of ether oxygens (including phenoxy) is 1. The van der Waals surface area contributed by atoms with Gasteiger partial charge in [0.05, 0.1) is 0 Å². The number of rotatable bonds is 7. The van der Waals surface area contributed by atoms with Gasteiger partial charge in [-0.2, -0.15) is 0 Å². The monoisotopic (exact) mass is 431 g/mol. The zero-order valence-corrected chi connectivity index (χ0v) is 17.7. The second-order valence-electron chi connectivity index (χ2n) is 7.95. The molecule has 3 aromatic carbocycles. The van der Waals surface area contributed by atoms with Gasteiger partial charge >= 0.3 is 6.09 Å². The number of carbonyl (C=O) groups excluding carboxylic acids is 2. The predicted octanol–water partition coefficient (Wildman–Crippen LogP) is 3.74. The van der Waals surface area contributed by atoms with Gasteiger partial charge in [-0.15, -0.1) is 0 Å². The van der Waals surface area contributed by atoms with Crippen LogP contribution < -0.4 is 5.32 Å². The number of amides is 1. The molecule has 0 aliphatic heterocycles. The van der Waals surface area contributed by atoms with Crippen LogP contribution in [-0.2, 0) is 4.74 Å². The lowest BCUT2D eigenvalue weighted by atomic mass is 9.97. The van der Waals surface area contributed by atoms with Crippen LogP contribution in [0.1, 0.15) is 44.6 Å². The molecule has 4 rings (SSSR count). The zero-order valence-electron chi connectivity index (χ0n) is 17.7. The van der Waals surface area contributed by atoms with E-state index < -0.39 is 18.3 Å². The maximum atomic E-state index is 12.3. The summed E-state index contributed by atoms with van der Waals surface area (Å²) in [5, 5.41) is 23.3. The average Bonchev–Trinajstić information content (AvgIpc) is 3.14. The molecule has 3 N–H and O–H groups in total. The van der Waals surface area contributed by atoms with E-state index in [0.717, 1.165) is 28.5 Å². The fourth-order valence-corrected chi connectivity index (χ4v) is 4.26. The molecule has 1 amide bonds. The quantitative estimate of drug-likeness (QED) is 0.496. The largest absolute Gasteiger partial charge is 0.449 e. The molecule has 6 heteroatoms. The molecule has 0 bridgehead atoms. The Morgan fingerprint density at radius 1 is 1.03 bits per heavy atom. The molecule has 1 aliphatic rings. The van der Waals surface area contributed by atoms with Gasteiger partial charge in [-0.25, -0.2) is 4.79 Å². The van der Waals surface area contributed by atoms with Gasteiger partial charge in [0.1, 0.15) is 25.1 Å². The molecule has 0 fully saturated rings. The van der Waals surface area contributed by atoms with Crippen molar-refractivity contribution < 1.29 is 24.5 Å². The summed E-state index contributed by atoms with van der Waals surface area (Å²) in [6.45, 7) is 1.74. The minimum atomic E-state index is -1.23. The van der Waals surface area contributed by atoms with Crippen LogP contribution in [-0.4, -0.2) is 41.8 Å². The molecule has 1 aliphatic carbocycles. The van der Waals surface area contributed by atoms with Gasteiger partial charge < -0.3 is 20.3 Å². The molecule has 2 unspecified atom stereocenters. The lowest BCUT2D eigenvalue weighted by Crippen LogP contribution is -2.36. The average molecular weight is 431 g/mol. The molecule has 0 saturated heterocycles. The van der Waals surface area contributed by atoms with E-state index in [2.05, 4.69) is 17.4 Å². The Bertz CT molecular complexity index is 1100. The van der Waals surface area contributed by atoms with E-state index in [-0.39, 0.29) is 19.1 Å². The molecule has 3 aromatic rings. The third kappa shape index (κ3) is 4.28. The summed E-state index contributed by atoms with van der Waals surface area (Å²) >= 11 is 0. The first-order valence-electron chi connectivity index (χ1n) is 10.5. The van der Waals surface area contributed by atoms with Crippen LogP contribution in [0.4, 0.5) is 4.79 Å². The van der Waals surface area contributed by atoms with Crippen molar-refractivity contribution in [1.82, 2.24) is 5.32 Å². The van der Waals surface area contributed by atoms with Gasteiger partial charge in [0.25, 0.3) is 0 Å². The van der Waals surface area contributed by atoms with Crippen LogP contribution in [0.15, 0.2) is 66.7 Å². The summed E-state index contributed by atoms with van der Waals surface area (Å²) in [5.74, 6) is -0.0531. The second kappa shape index (κ2) is 9.34. The molecule has 0 aromatic heterocycles. The number of aliphatic hydroxyl groups excluding tert-OH is 2. The highest BCUT2D eigenvalue weighted by Gasteiger charge is 2.29. The third-order valence-corrected chi connectivity index (χ3v) is 5.91. The summed E-state index contributed by atoms with van der Waals surface area (Å²) in [7, 11) is 0. The lowest BCUT2D eigenvalue weighted by molar-refractivity contribution is 0.0182. The van der Waals surface area contributed by atoms with E-state index in [0.29, 0.717) is 16.7 Å². The summed E-state index contributed by atoms with van der Waals surface area (Å²) in [4.78, 5) is 23.1. The third-order valence-electron chi connectivity index (χ3n) is 5.91. The van der Waals surface area contributed by atoms with Gasteiger partial charge in [-0.3, -0.25) is 4.79 Å². The highest BCUT2D eigenvalue weighted by Crippen LogP contribution is 2.44. The Hall–Kier alpha value is -3.48. The Balaban J connectivity index is 1.34. The molecule has 6 nitrogen and oxygen atoms in total. The number of hydrogen-bond donors (Lipinski definition) is 3. The van der Waals surface area contributed by atoms with E-state index >= 15 is 0 Å². The lowest BCUT2D eigenvalue weighted by Gasteiger charge is -2.21. The Labute approximate surface area is 186 Å². The number of carbonyl (C=O) groups is 2. The molecule has 32 heavy (non-hydrogen) atoms. The van der Waals surface area contributed by atoms with Crippen molar-refractivity contribution in [2.45, 2.75) is 25.0 Å². The van der Waals surface area contributed by atoms with Crippen LogP contribution in [0, 0.1) is 6.92 Å². The second-order valence-corrected chi connectivity index (χ2v) is 7.95. The molecule has 2 atom stereocenters. The van der Waals surface area contributed by atoms with Gasteiger partial charge in [-0.05, 0) is 46.4 Å². The summed E-state index contributed by atoms with van der Waals surface area (Å²) < 4.78 is 5.45. The number of fused-ring (bicyclic) bond motifs is 3. The molecular formula is C26H25NO5. The smallest absolute Gasteiger partial charge is 0.407 e. The summed E-state index contributed by atoms with van der Waals surface area (Å²) in [5.41, 5.74) is 6.19. The molecule has 0 heterocycles. The van der Waals surface area contributed by atoms with Crippen molar-refractivity contribution in [3.8, 4) is 11.1 Å². The minimum absolute atomic E-state index is 0.0531. The van der Waals surface area contributed by atoms with Crippen molar-refractivity contribution in [3.63, 3.8) is 0 Å². The summed E-state index contributed by atoms with van der Waals surface area (Å²) in [6, 6.07) is 20.9. The van der Waals surface area contributed by atoms with Crippen molar-refractivity contribution in [2.75, 3.05) is 13.2 Å². The van der Waals surface area contributed by atoms with E-state index in [1.54, 1.807) is 25.1 Å². The normalized spacial score (nSPS) is 14.2. The van der Waals surface area contributed by atoms with Crippen LogP contribution in [0.2, 0.25) is 0 Å². The highest BCUT2D eigenvalue weighted by atomic mass is 16.5. The predicted molar refractivity (Wildman–Crippen MR) is 121 cm³/mol. The van der Waals surface area contributed by atoms with E-state index in [1.165, 1.54) is 0 Å². The molecule has 164 valence electrons. The van der Waals surface area contributed by atoms with E-state index in [4.69, 9.17) is 4.74 Å². The molecule has 0 spiro atoms. The Kier molecular flexibility index (Phi) is 6.35. The fourth-order valence-electron chi connectivity index (χ4n) is 4.26. The molecule has 0 saturated carbocycles. The van der Waals surface area contributed by atoms with E-state index in [1.807, 2.05) is 36.4 Å². The summed E-state index contributed by atoms with van der Waals surface area (Å²) in [6.07, 6.45) is -2.37. The Morgan fingerprint density at radius 2 is 1.66 bits per heavy atom. The zero-order chi connectivity index (χ0) is 22.7. The maximum Gasteiger partial charge on any atom is 0.407 e.